The molecule has 0 spiro atoms. The van der Waals surface area contributed by atoms with Crippen molar-refractivity contribution in [3.8, 4) is 0 Å². The van der Waals surface area contributed by atoms with Gasteiger partial charge >= 0.3 is 5.97 Å². The van der Waals surface area contributed by atoms with Crippen molar-refractivity contribution in [3.63, 3.8) is 0 Å². The number of benzene rings is 1. The Balaban J connectivity index is 1.31. The predicted molar refractivity (Wildman–Crippen MR) is 87.3 cm³/mol. The lowest BCUT2D eigenvalue weighted by molar-refractivity contribution is -0.159. The van der Waals surface area contributed by atoms with Crippen LogP contribution in [0.4, 0.5) is 0 Å². The monoisotopic (exact) mass is 328 g/mol. The smallest absolute Gasteiger partial charge is 0.309 e. The van der Waals surface area contributed by atoms with Gasteiger partial charge in [0, 0.05) is 5.92 Å². The third kappa shape index (κ3) is 2.86. The van der Waals surface area contributed by atoms with Gasteiger partial charge in [0.1, 0.15) is 6.10 Å². The first-order chi connectivity index (χ1) is 11.8. The van der Waals surface area contributed by atoms with E-state index in [4.69, 9.17) is 14.2 Å². The molecule has 2 aliphatic heterocycles. The molecular formula is C20H24O4. The van der Waals surface area contributed by atoms with Crippen LogP contribution < -0.4 is 0 Å². The SMILES string of the molecule is O=C(OC(c1ccccc1)C1CCC2OC2C1)C1CCC2OC2C1. The highest BCUT2D eigenvalue weighted by Gasteiger charge is 2.48. The molecule has 128 valence electrons. The van der Waals surface area contributed by atoms with Crippen LogP contribution in [0.3, 0.4) is 0 Å². The molecule has 4 heteroatoms. The van der Waals surface area contributed by atoms with E-state index in [1.54, 1.807) is 0 Å². The molecule has 4 fully saturated rings. The second-order valence-corrected chi connectivity index (χ2v) is 7.78. The second kappa shape index (κ2) is 5.85. The van der Waals surface area contributed by atoms with Gasteiger partial charge in [0.2, 0.25) is 0 Å². The fourth-order valence-electron chi connectivity index (χ4n) is 4.63. The highest BCUT2D eigenvalue weighted by Crippen LogP contribution is 2.46. The molecule has 2 saturated heterocycles. The minimum Gasteiger partial charge on any atom is -0.457 e. The van der Waals surface area contributed by atoms with Crippen LogP contribution in [0.15, 0.2) is 30.3 Å². The molecule has 1 aromatic rings. The topological polar surface area (TPSA) is 51.4 Å². The van der Waals surface area contributed by atoms with Gasteiger partial charge in [0.15, 0.2) is 0 Å². The van der Waals surface area contributed by atoms with Crippen LogP contribution in [-0.2, 0) is 19.0 Å². The van der Waals surface area contributed by atoms with E-state index in [2.05, 4.69) is 12.1 Å². The van der Waals surface area contributed by atoms with Gasteiger partial charge in [-0.2, -0.15) is 0 Å². The summed E-state index contributed by atoms with van der Waals surface area (Å²) in [5.41, 5.74) is 1.12. The molecule has 0 radical (unpaired) electrons. The molecule has 0 N–H and O–H groups in total. The van der Waals surface area contributed by atoms with Gasteiger partial charge in [-0.3, -0.25) is 4.79 Å². The maximum absolute atomic E-state index is 12.8. The van der Waals surface area contributed by atoms with E-state index >= 15 is 0 Å². The Hall–Kier alpha value is -1.39. The molecule has 0 bridgehead atoms. The first-order valence-corrected chi connectivity index (χ1v) is 9.34. The summed E-state index contributed by atoms with van der Waals surface area (Å²) < 4.78 is 17.3. The average Bonchev–Trinajstić information content (AvgIpc) is 3.53. The molecule has 4 nitrogen and oxygen atoms in total. The van der Waals surface area contributed by atoms with E-state index < -0.39 is 0 Å². The number of fused-ring (bicyclic) bond motifs is 2. The Morgan fingerprint density at radius 2 is 1.62 bits per heavy atom. The number of hydrogen-bond acceptors (Lipinski definition) is 4. The molecule has 2 heterocycles. The van der Waals surface area contributed by atoms with Crippen molar-refractivity contribution in [3.05, 3.63) is 35.9 Å². The van der Waals surface area contributed by atoms with Crippen molar-refractivity contribution in [2.75, 3.05) is 0 Å². The Kier molecular flexibility index (Phi) is 3.64. The lowest BCUT2D eigenvalue weighted by atomic mass is 9.82. The third-order valence-corrected chi connectivity index (χ3v) is 6.18. The summed E-state index contributed by atoms with van der Waals surface area (Å²) in [5.74, 6) is 0.346. The standard InChI is InChI=1S/C20H24O4/c21-20(14-7-9-16-18(11-14)23-16)24-19(12-4-2-1-3-5-12)13-6-8-15-17(10-13)22-15/h1-5,13-19H,6-11H2. The zero-order chi connectivity index (χ0) is 16.1. The van der Waals surface area contributed by atoms with Crippen LogP contribution in [0.5, 0.6) is 0 Å². The van der Waals surface area contributed by atoms with Crippen molar-refractivity contribution >= 4 is 5.97 Å². The molecule has 0 amide bonds. The number of epoxide rings is 2. The molecule has 2 aliphatic carbocycles. The average molecular weight is 328 g/mol. The van der Waals surface area contributed by atoms with Gasteiger partial charge in [0.05, 0.1) is 30.3 Å². The van der Waals surface area contributed by atoms with E-state index in [1.165, 1.54) is 0 Å². The molecule has 24 heavy (non-hydrogen) atoms. The van der Waals surface area contributed by atoms with Crippen molar-refractivity contribution in [1.29, 1.82) is 0 Å². The van der Waals surface area contributed by atoms with Crippen LogP contribution in [0.25, 0.3) is 0 Å². The summed E-state index contributed by atoms with van der Waals surface area (Å²) in [6.45, 7) is 0. The van der Waals surface area contributed by atoms with Crippen LogP contribution in [0, 0.1) is 11.8 Å². The van der Waals surface area contributed by atoms with Gasteiger partial charge in [-0.1, -0.05) is 30.3 Å². The number of carbonyl (C=O) groups is 1. The summed E-state index contributed by atoms with van der Waals surface area (Å²) in [7, 11) is 0. The van der Waals surface area contributed by atoms with E-state index in [0.717, 1.165) is 44.1 Å². The van der Waals surface area contributed by atoms with Crippen molar-refractivity contribution in [2.24, 2.45) is 11.8 Å². The quantitative estimate of drug-likeness (QED) is 0.628. The molecule has 5 rings (SSSR count). The Morgan fingerprint density at radius 3 is 2.33 bits per heavy atom. The molecule has 1 aromatic carbocycles. The molecule has 4 aliphatic rings. The van der Waals surface area contributed by atoms with E-state index in [-0.39, 0.29) is 18.0 Å². The number of esters is 1. The Morgan fingerprint density at radius 1 is 0.917 bits per heavy atom. The van der Waals surface area contributed by atoms with Crippen LogP contribution >= 0.6 is 0 Å². The number of hydrogen-bond donors (Lipinski definition) is 0. The zero-order valence-electron chi connectivity index (χ0n) is 13.8. The normalized spacial score (nSPS) is 40.8. The molecule has 0 aromatic heterocycles. The Labute approximate surface area is 142 Å². The number of carbonyl (C=O) groups excluding carboxylic acids is 1. The van der Waals surface area contributed by atoms with Crippen LogP contribution in [0.1, 0.15) is 50.2 Å². The van der Waals surface area contributed by atoms with E-state index in [0.29, 0.717) is 30.3 Å². The largest absolute Gasteiger partial charge is 0.457 e. The van der Waals surface area contributed by atoms with Gasteiger partial charge in [-0.15, -0.1) is 0 Å². The summed E-state index contributed by atoms with van der Waals surface area (Å²) >= 11 is 0. The summed E-state index contributed by atoms with van der Waals surface area (Å²) in [6, 6.07) is 10.2. The van der Waals surface area contributed by atoms with Gasteiger partial charge in [-0.25, -0.2) is 0 Å². The van der Waals surface area contributed by atoms with Crippen molar-refractivity contribution < 1.29 is 19.0 Å². The fraction of sp³-hybridized carbons (Fsp3) is 0.650. The van der Waals surface area contributed by atoms with Gasteiger partial charge in [0.25, 0.3) is 0 Å². The molecule has 7 atom stereocenters. The molecule has 7 unspecified atom stereocenters. The maximum Gasteiger partial charge on any atom is 0.309 e. The van der Waals surface area contributed by atoms with Crippen molar-refractivity contribution in [2.45, 2.75) is 69.0 Å². The second-order valence-electron chi connectivity index (χ2n) is 7.78. The third-order valence-electron chi connectivity index (χ3n) is 6.18. The zero-order valence-corrected chi connectivity index (χ0v) is 13.8. The lowest BCUT2D eigenvalue weighted by Crippen LogP contribution is -2.29. The minimum atomic E-state index is -0.137. The van der Waals surface area contributed by atoms with Gasteiger partial charge < -0.3 is 14.2 Å². The predicted octanol–water partition coefficient (Wildman–Crippen LogP) is 3.41. The molecule has 2 saturated carbocycles. The maximum atomic E-state index is 12.8. The van der Waals surface area contributed by atoms with Crippen molar-refractivity contribution in [1.82, 2.24) is 0 Å². The number of ether oxygens (including phenoxy) is 3. The molecular weight excluding hydrogens is 304 g/mol. The Bertz CT molecular complexity index is 615. The lowest BCUT2D eigenvalue weighted by Gasteiger charge is -2.30. The van der Waals surface area contributed by atoms with E-state index in [9.17, 15) is 4.79 Å². The minimum absolute atomic E-state index is 0.00785. The van der Waals surface area contributed by atoms with E-state index in [1.807, 2.05) is 18.2 Å². The highest BCUT2D eigenvalue weighted by molar-refractivity contribution is 5.73. The fourth-order valence-corrected chi connectivity index (χ4v) is 4.63. The van der Waals surface area contributed by atoms with Crippen LogP contribution in [0.2, 0.25) is 0 Å². The summed E-state index contributed by atoms with van der Waals surface area (Å²) in [5, 5.41) is 0. The first-order valence-electron chi connectivity index (χ1n) is 9.34. The van der Waals surface area contributed by atoms with Crippen LogP contribution in [-0.4, -0.2) is 30.4 Å². The number of rotatable bonds is 4. The summed E-state index contributed by atoms with van der Waals surface area (Å²) in [4.78, 5) is 12.8. The summed E-state index contributed by atoms with van der Waals surface area (Å²) in [6.07, 6.45) is 7.37. The highest BCUT2D eigenvalue weighted by atomic mass is 16.6. The first kappa shape index (κ1) is 14.9. The van der Waals surface area contributed by atoms with Gasteiger partial charge in [-0.05, 0) is 44.1 Å².